The van der Waals surface area contributed by atoms with Crippen LogP contribution >= 0.6 is 11.3 Å². The molecule has 1 aliphatic rings. The van der Waals surface area contributed by atoms with E-state index in [1.54, 1.807) is 17.5 Å². The quantitative estimate of drug-likeness (QED) is 0.457. The molecule has 180 valence electrons. The highest BCUT2D eigenvalue weighted by Gasteiger charge is 2.28. The van der Waals surface area contributed by atoms with Gasteiger partial charge in [0, 0.05) is 12.1 Å². The van der Waals surface area contributed by atoms with Crippen LogP contribution in [0.3, 0.4) is 0 Å². The average molecular weight is 497 g/mol. The summed E-state index contributed by atoms with van der Waals surface area (Å²) in [5.74, 6) is -2.09. The minimum Gasteiger partial charge on any atom is -0.494 e. The third-order valence-electron chi connectivity index (χ3n) is 5.35. The summed E-state index contributed by atoms with van der Waals surface area (Å²) < 4.78 is 24.2. The molecule has 0 aliphatic carbocycles. The van der Waals surface area contributed by atoms with E-state index in [9.17, 15) is 18.8 Å². The maximum atomic E-state index is 13.6. The molecular formula is C25H21FN2O6S. The highest BCUT2D eigenvalue weighted by atomic mass is 32.1. The molecule has 0 fully saturated rings. The van der Waals surface area contributed by atoms with Gasteiger partial charge in [-0.25, -0.2) is 14.2 Å². The Morgan fingerprint density at radius 2 is 1.89 bits per heavy atom. The van der Waals surface area contributed by atoms with Gasteiger partial charge < -0.3 is 19.9 Å². The number of ether oxygens (including phenoxy) is 2. The van der Waals surface area contributed by atoms with Crippen molar-refractivity contribution >= 4 is 39.7 Å². The molecule has 0 unspecified atom stereocenters. The van der Waals surface area contributed by atoms with Crippen molar-refractivity contribution in [1.29, 1.82) is 0 Å². The first-order valence-corrected chi connectivity index (χ1v) is 11.5. The number of nitrogens with one attached hydrogen (secondary N) is 1. The summed E-state index contributed by atoms with van der Waals surface area (Å²) in [5, 5.41) is 13.9. The lowest BCUT2D eigenvalue weighted by Crippen LogP contribution is -2.33. The Morgan fingerprint density at radius 1 is 1.14 bits per heavy atom. The molecule has 0 saturated heterocycles. The maximum Gasteiger partial charge on any atom is 0.335 e. The summed E-state index contributed by atoms with van der Waals surface area (Å²) in [6.07, 6.45) is -0.133. The number of nitrogens with zero attached hydrogens (tertiary/aromatic N) is 1. The van der Waals surface area contributed by atoms with Crippen molar-refractivity contribution in [2.45, 2.75) is 26.2 Å². The first kappa shape index (κ1) is 24.2. The van der Waals surface area contributed by atoms with Crippen LogP contribution < -0.4 is 10.1 Å². The van der Waals surface area contributed by atoms with Crippen LogP contribution in [-0.2, 0) is 29.3 Å². The number of benzene rings is 2. The Morgan fingerprint density at radius 3 is 2.60 bits per heavy atom. The molecule has 1 amide bonds. The first-order valence-electron chi connectivity index (χ1n) is 10.6. The minimum absolute atomic E-state index is 0.0807. The number of methoxy groups -OCH3 is 1. The van der Waals surface area contributed by atoms with Crippen LogP contribution in [0.25, 0.3) is 0 Å². The summed E-state index contributed by atoms with van der Waals surface area (Å²) in [6.45, 7) is 0.567. The number of ketones is 1. The molecule has 8 nitrogen and oxygen atoms in total. The van der Waals surface area contributed by atoms with E-state index in [0.29, 0.717) is 21.7 Å². The third-order valence-corrected chi connectivity index (χ3v) is 6.27. The molecule has 35 heavy (non-hydrogen) atoms. The van der Waals surface area contributed by atoms with E-state index < -0.39 is 17.7 Å². The first-order chi connectivity index (χ1) is 16.9. The van der Waals surface area contributed by atoms with E-state index in [4.69, 9.17) is 14.6 Å². The second-order valence-corrected chi connectivity index (χ2v) is 8.60. The SMILES string of the molecule is COc1cc(CNC(=O)C2=Nc3scc(COCc4ccc(C(=O)O)cc4)c3C(=O)C2)ccc1F. The average Bonchev–Trinajstić information content (AvgIpc) is 3.27. The fourth-order valence-electron chi connectivity index (χ4n) is 3.52. The van der Waals surface area contributed by atoms with E-state index >= 15 is 0 Å². The summed E-state index contributed by atoms with van der Waals surface area (Å²) in [7, 11) is 1.36. The van der Waals surface area contributed by atoms with Gasteiger partial charge in [0.15, 0.2) is 17.3 Å². The van der Waals surface area contributed by atoms with Gasteiger partial charge in [-0.15, -0.1) is 11.3 Å². The van der Waals surface area contributed by atoms with Crippen LogP contribution in [-0.4, -0.2) is 35.6 Å². The van der Waals surface area contributed by atoms with Crippen molar-refractivity contribution < 1.29 is 33.4 Å². The summed E-state index contributed by atoms with van der Waals surface area (Å²) in [6, 6.07) is 10.7. The Hall–Kier alpha value is -3.89. The summed E-state index contributed by atoms with van der Waals surface area (Å²) in [4.78, 5) is 40.7. The molecule has 0 radical (unpaired) electrons. The van der Waals surface area contributed by atoms with Gasteiger partial charge in [-0.3, -0.25) is 9.59 Å². The summed E-state index contributed by atoms with van der Waals surface area (Å²) in [5.41, 5.74) is 2.91. The number of rotatable bonds is 9. The molecule has 0 atom stereocenters. The van der Waals surface area contributed by atoms with Crippen molar-refractivity contribution in [2.24, 2.45) is 4.99 Å². The Kier molecular flexibility index (Phi) is 7.33. The fraction of sp³-hybridized carbons (Fsp3) is 0.200. The third kappa shape index (κ3) is 5.61. The molecule has 2 N–H and O–H groups in total. The molecule has 10 heteroatoms. The number of halogens is 1. The minimum atomic E-state index is -0.995. The van der Waals surface area contributed by atoms with E-state index in [-0.39, 0.29) is 49.0 Å². The van der Waals surface area contributed by atoms with Gasteiger partial charge in [0.05, 0.1) is 37.9 Å². The van der Waals surface area contributed by atoms with Gasteiger partial charge >= 0.3 is 5.97 Å². The van der Waals surface area contributed by atoms with Crippen LogP contribution in [0.15, 0.2) is 52.8 Å². The number of carboxylic acids is 1. The predicted octanol–water partition coefficient (Wildman–Crippen LogP) is 4.29. The van der Waals surface area contributed by atoms with E-state index in [2.05, 4.69) is 10.3 Å². The Bertz CT molecular complexity index is 1320. The zero-order chi connectivity index (χ0) is 24.9. The monoisotopic (exact) mass is 496 g/mol. The van der Waals surface area contributed by atoms with Gasteiger partial charge in [0.2, 0.25) is 0 Å². The molecule has 0 saturated carbocycles. The normalized spacial score (nSPS) is 12.6. The standard InChI is InChI=1S/C25H21FN2O6S/c1-33-21-8-15(4-7-18(21)26)10-27-23(30)19-9-20(29)22-17(13-35-24(22)28-19)12-34-11-14-2-5-16(6-3-14)25(31)32/h2-8,13H,9-12H2,1H3,(H,27,30)(H,31,32). The molecule has 0 spiro atoms. The van der Waals surface area contributed by atoms with Crippen molar-refractivity contribution in [3.63, 3.8) is 0 Å². The number of carbonyl (C=O) groups is 3. The van der Waals surface area contributed by atoms with Gasteiger partial charge in [-0.1, -0.05) is 18.2 Å². The Labute approximate surface area is 204 Å². The van der Waals surface area contributed by atoms with Crippen LogP contribution in [0.2, 0.25) is 0 Å². The number of hydrogen-bond donors (Lipinski definition) is 2. The lowest BCUT2D eigenvalue weighted by Gasteiger charge is -2.14. The highest BCUT2D eigenvalue weighted by molar-refractivity contribution is 7.14. The molecular weight excluding hydrogens is 475 g/mol. The molecule has 0 bridgehead atoms. The lowest BCUT2D eigenvalue weighted by molar-refractivity contribution is -0.115. The van der Waals surface area contributed by atoms with Crippen LogP contribution in [0.4, 0.5) is 9.39 Å². The maximum absolute atomic E-state index is 13.6. The molecule has 3 aromatic rings. The predicted molar refractivity (Wildman–Crippen MR) is 127 cm³/mol. The number of thiophene rings is 1. The molecule has 1 aromatic heterocycles. The zero-order valence-electron chi connectivity index (χ0n) is 18.7. The Balaban J connectivity index is 1.37. The van der Waals surface area contributed by atoms with E-state index in [1.165, 1.54) is 48.8 Å². The molecule has 1 aliphatic heterocycles. The van der Waals surface area contributed by atoms with E-state index in [0.717, 1.165) is 5.56 Å². The van der Waals surface area contributed by atoms with Crippen molar-refractivity contribution in [2.75, 3.05) is 7.11 Å². The second-order valence-electron chi connectivity index (χ2n) is 7.75. The number of aliphatic imine (C=N–C) groups is 1. The largest absolute Gasteiger partial charge is 0.494 e. The number of hydrogen-bond acceptors (Lipinski definition) is 7. The van der Waals surface area contributed by atoms with Gasteiger partial charge in [-0.2, -0.15) is 0 Å². The van der Waals surface area contributed by atoms with Crippen LogP contribution in [0.5, 0.6) is 5.75 Å². The highest BCUT2D eigenvalue weighted by Crippen LogP contribution is 2.36. The van der Waals surface area contributed by atoms with Crippen molar-refractivity contribution in [3.05, 3.63) is 81.5 Å². The van der Waals surface area contributed by atoms with Gasteiger partial charge in [0.1, 0.15) is 10.7 Å². The number of Topliss-reactive ketones (excluding diaryl/α,β-unsaturated/α-hetero) is 1. The number of carboxylic acid groups (broad SMARTS) is 1. The smallest absolute Gasteiger partial charge is 0.335 e. The topological polar surface area (TPSA) is 114 Å². The number of aromatic carboxylic acids is 1. The summed E-state index contributed by atoms with van der Waals surface area (Å²) >= 11 is 1.26. The van der Waals surface area contributed by atoms with Crippen LogP contribution in [0.1, 0.15) is 43.8 Å². The van der Waals surface area contributed by atoms with E-state index in [1.807, 2.05) is 0 Å². The second kappa shape index (κ2) is 10.6. The number of amides is 1. The molecule has 2 aromatic carbocycles. The lowest BCUT2D eigenvalue weighted by atomic mass is 10.0. The fourth-order valence-corrected chi connectivity index (χ4v) is 4.49. The number of carbonyl (C=O) groups excluding carboxylic acids is 2. The molecule has 2 heterocycles. The van der Waals surface area contributed by atoms with Gasteiger partial charge in [-0.05, 0) is 40.8 Å². The van der Waals surface area contributed by atoms with Crippen LogP contribution in [0, 0.1) is 5.82 Å². The van der Waals surface area contributed by atoms with Crippen molar-refractivity contribution in [3.8, 4) is 5.75 Å². The number of fused-ring (bicyclic) bond motifs is 1. The zero-order valence-corrected chi connectivity index (χ0v) is 19.5. The van der Waals surface area contributed by atoms with Gasteiger partial charge in [0.25, 0.3) is 5.91 Å². The van der Waals surface area contributed by atoms with Crippen molar-refractivity contribution in [1.82, 2.24) is 5.32 Å². The molecule has 4 rings (SSSR count).